The molecular formula is C31H40N4O4. The molecule has 0 unspecified atom stereocenters. The number of ether oxygens (including phenoxy) is 1. The SMILES string of the molecule is Cc1cccc(NC(=O)CCC(=O)N2CCC3(CCCCc4ccccc4OC[C@@H]4CCCN4C3=O)CC2)n1. The molecule has 1 N–H and O–H groups in total. The van der Waals surface area contributed by atoms with E-state index in [2.05, 4.69) is 27.3 Å². The summed E-state index contributed by atoms with van der Waals surface area (Å²) in [5.41, 5.74) is 1.64. The van der Waals surface area contributed by atoms with Crippen molar-refractivity contribution in [1.29, 1.82) is 0 Å². The van der Waals surface area contributed by atoms with E-state index in [1.807, 2.05) is 36.1 Å². The Balaban J connectivity index is 1.19. The van der Waals surface area contributed by atoms with E-state index in [1.54, 1.807) is 6.07 Å². The zero-order valence-corrected chi connectivity index (χ0v) is 23.0. The fourth-order valence-corrected chi connectivity index (χ4v) is 6.35. The normalized spacial score (nSPS) is 21.3. The predicted molar refractivity (Wildman–Crippen MR) is 149 cm³/mol. The highest BCUT2D eigenvalue weighted by Gasteiger charge is 2.46. The number of para-hydroxylation sites is 1. The number of rotatable bonds is 4. The maximum Gasteiger partial charge on any atom is 0.229 e. The fourth-order valence-electron chi connectivity index (χ4n) is 6.35. The number of pyridine rings is 1. The minimum atomic E-state index is -0.424. The zero-order chi connectivity index (χ0) is 27.2. The molecule has 8 heteroatoms. The zero-order valence-electron chi connectivity index (χ0n) is 23.0. The second-order valence-corrected chi connectivity index (χ2v) is 11.3. The molecule has 39 heavy (non-hydrogen) atoms. The van der Waals surface area contributed by atoms with E-state index < -0.39 is 5.41 Å². The van der Waals surface area contributed by atoms with Crippen molar-refractivity contribution in [2.24, 2.45) is 5.41 Å². The first-order chi connectivity index (χ1) is 18.9. The quantitative estimate of drug-likeness (QED) is 0.626. The second-order valence-electron chi connectivity index (χ2n) is 11.3. The molecule has 208 valence electrons. The number of benzene rings is 1. The molecule has 2 fully saturated rings. The number of piperidine rings is 1. The molecule has 1 aromatic carbocycles. The van der Waals surface area contributed by atoms with Gasteiger partial charge in [-0.1, -0.05) is 30.7 Å². The van der Waals surface area contributed by atoms with Gasteiger partial charge >= 0.3 is 0 Å². The first-order valence-electron chi connectivity index (χ1n) is 14.5. The van der Waals surface area contributed by atoms with Crippen LogP contribution < -0.4 is 10.1 Å². The summed E-state index contributed by atoms with van der Waals surface area (Å²) in [7, 11) is 0. The Morgan fingerprint density at radius 2 is 1.82 bits per heavy atom. The lowest BCUT2D eigenvalue weighted by Gasteiger charge is -2.44. The summed E-state index contributed by atoms with van der Waals surface area (Å²) < 4.78 is 6.25. The molecule has 1 spiro atoms. The summed E-state index contributed by atoms with van der Waals surface area (Å²) in [6, 6.07) is 13.8. The number of nitrogens with zero attached hydrogens (tertiary/aromatic N) is 3. The molecular weight excluding hydrogens is 492 g/mol. The van der Waals surface area contributed by atoms with E-state index in [0.29, 0.717) is 38.4 Å². The number of likely N-dealkylation sites (tertiary alicyclic amines) is 1. The number of carbonyl (C=O) groups is 3. The van der Waals surface area contributed by atoms with Crippen LogP contribution in [0.3, 0.4) is 0 Å². The molecule has 3 amide bonds. The lowest BCUT2D eigenvalue weighted by Crippen LogP contribution is -2.53. The average molecular weight is 533 g/mol. The van der Waals surface area contributed by atoms with E-state index in [-0.39, 0.29) is 36.6 Å². The molecule has 8 nitrogen and oxygen atoms in total. The van der Waals surface area contributed by atoms with Crippen LogP contribution in [0.4, 0.5) is 5.82 Å². The Kier molecular flexibility index (Phi) is 8.48. The molecule has 4 heterocycles. The number of aryl methyl sites for hydroxylation is 2. The number of aromatic nitrogens is 1. The Bertz CT molecular complexity index is 1190. The Morgan fingerprint density at radius 1 is 1.00 bits per heavy atom. The Labute approximate surface area is 231 Å². The standard InChI is InChI=1S/C31H40N4O4/c1-23-8-6-13-27(32-23)33-28(36)14-15-29(37)34-20-17-31(18-21-34)16-5-4-10-24-9-2-3-12-26(24)39-22-25-11-7-19-35(25)30(31)38/h2-3,6,8-9,12-13,25H,4-5,7,10-11,14-22H2,1H3,(H,32,33,36)/t25-/m0/s1. The van der Waals surface area contributed by atoms with Crippen molar-refractivity contribution in [2.75, 3.05) is 31.6 Å². The summed E-state index contributed by atoms with van der Waals surface area (Å²) in [5, 5.41) is 2.77. The summed E-state index contributed by atoms with van der Waals surface area (Å²) in [5.74, 6) is 1.46. The van der Waals surface area contributed by atoms with Gasteiger partial charge in [-0.15, -0.1) is 0 Å². The molecule has 2 saturated heterocycles. The highest BCUT2D eigenvalue weighted by Crippen LogP contribution is 2.41. The van der Waals surface area contributed by atoms with Crippen LogP contribution in [-0.4, -0.2) is 64.8 Å². The van der Waals surface area contributed by atoms with Crippen molar-refractivity contribution in [3.63, 3.8) is 0 Å². The third kappa shape index (κ3) is 6.43. The van der Waals surface area contributed by atoms with E-state index in [4.69, 9.17) is 4.74 Å². The van der Waals surface area contributed by atoms with E-state index >= 15 is 0 Å². The highest BCUT2D eigenvalue weighted by molar-refractivity contribution is 5.92. The number of anilines is 1. The van der Waals surface area contributed by atoms with E-state index in [1.165, 1.54) is 5.56 Å². The lowest BCUT2D eigenvalue weighted by atomic mass is 9.72. The van der Waals surface area contributed by atoms with Crippen molar-refractivity contribution in [3.05, 3.63) is 53.7 Å². The summed E-state index contributed by atoms with van der Waals surface area (Å²) >= 11 is 0. The van der Waals surface area contributed by atoms with Gasteiger partial charge in [0.2, 0.25) is 17.7 Å². The van der Waals surface area contributed by atoms with Gasteiger partial charge in [0, 0.05) is 38.2 Å². The van der Waals surface area contributed by atoms with Crippen LogP contribution in [0.5, 0.6) is 5.75 Å². The summed E-state index contributed by atoms with van der Waals surface area (Å²) in [6.45, 7) is 4.30. The lowest BCUT2D eigenvalue weighted by molar-refractivity contribution is -0.150. The predicted octanol–water partition coefficient (Wildman–Crippen LogP) is 4.51. The highest BCUT2D eigenvalue weighted by atomic mass is 16.5. The largest absolute Gasteiger partial charge is 0.491 e. The smallest absolute Gasteiger partial charge is 0.229 e. The number of hydrogen-bond donors (Lipinski definition) is 1. The van der Waals surface area contributed by atoms with Gasteiger partial charge in [0.25, 0.3) is 0 Å². The monoisotopic (exact) mass is 532 g/mol. The van der Waals surface area contributed by atoms with Crippen LogP contribution in [0.15, 0.2) is 42.5 Å². The first kappa shape index (κ1) is 27.2. The van der Waals surface area contributed by atoms with Crippen LogP contribution in [0.2, 0.25) is 0 Å². The van der Waals surface area contributed by atoms with Gasteiger partial charge in [0.15, 0.2) is 0 Å². The molecule has 1 atom stereocenters. The number of carbonyl (C=O) groups excluding carboxylic acids is 3. The van der Waals surface area contributed by atoms with Crippen LogP contribution in [0, 0.1) is 12.3 Å². The van der Waals surface area contributed by atoms with Crippen LogP contribution in [-0.2, 0) is 20.8 Å². The molecule has 0 saturated carbocycles. The number of amides is 3. The number of hydrogen-bond acceptors (Lipinski definition) is 5. The molecule has 5 rings (SSSR count). The maximum absolute atomic E-state index is 14.1. The molecule has 3 aliphatic rings. The van der Waals surface area contributed by atoms with Gasteiger partial charge in [-0.3, -0.25) is 14.4 Å². The first-order valence-corrected chi connectivity index (χ1v) is 14.5. The Morgan fingerprint density at radius 3 is 2.64 bits per heavy atom. The molecule has 0 radical (unpaired) electrons. The van der Waals surface area contributed by atoms with Crippen molar-refractivity contribution >= 4 is 23.5 Å². The van der Waals surface area contributed by atoms with Gasteiger partial charge in [-0.25, -0.2) is 4.98 Å². The van der Waals surface area contributed by atoms with E-state index in [9.17, 15) is 14.4 Å². The van der Waals surface area contributed by atoms with E-state index in [0.717, 1.165) is 56.5 Å². The molecule has 1 aromatic heterocycles. The van der Waals surface area contributed by atoms with Gasteiger partial charge in [0.1, 0.15) is 18.2 Å². The van der Waals surface area contributed by atoms with Crippen LogP contribution in [0.25, 0.3) is 0 Å². The maximum atomic E-state index is 14.1. The topological polar surface area (TPSA) is 91.8 Å². The van der Waals surface area contributed by atoms with Gasteiger partial charge in [-0.2, -0.15) is 0 Å². The molecule has 0 bridgehead atoms. The van der Waals surface area contributed by atoms with Crippen LogP contribution >= 0.6 is 0 Å². The minimum Gasteiger partial charge on any atom is -0.491 e. The van der Waals surface area contributed by atoms with Crippen molar-refractivity contribution in [1.82, 2.24) is 14.8 Å². The molecule has 2 aromatic rings. The summed E-state index contributed by atoms with van der Waals surface area (Å²) in [6.07, 6.45) is 7.37. The molecule has 0 aliphatic carbocycles. The number of fused-ring (bicyclic) bond motifs is 2. The van der Waals surface area contributed by atoms with Gasteiger partial charge < -0.3 is 19.9 Å². The average Bonchev–Trinajstić information content (AvgIpc) is 3.41. The molecule has 3 aliphatic heterocycles. The summed E-state index contributed by atoms with van der Waals surface area (Å²) in [4.78, 5) is 47.6. The third-order valence-corrected chi connectivity index (χ3v) is 8.64. The van der Waals surface area contributed by atoms with Gasteiger partial charge in [0.05, 0.1) is 11.5 Å². The van der Waals surface area contributed by atoms with Crippen molar-refractivity contribution in [2.45, 2.75) is 77.2 Å². The second kappa shape index (κ2) is 12.2. The number of nitrogens with one attached hydrogen (secondary N) is 1. The van der Waals surface area contributed by atoms with Crippen molar-refractivity contribution in [3.8, 4) is 5.75 Å². The minimum absolute atomic E-state index is 0.0261. The third-order valence-electron chi connectivity index (χ3n) is 8.64. The Hall–Kier alpha value is -3.42. The van der Waals surface area contributed by atoms with Crippen molar-refractivity contribution < 1.29 is 19.1 Å². The van der Waals surface area contributed by atoms with Gasteiger partial charge in [-0.05, 0) is 75.6 Å². The fraction of sp³-hybridized carbons (Fsp3) is 0.548. The van der Waals surface area contributed by atoms with Crippen LogP contribution in [0.1, 0.15) is 69.0 Å².